The first-order valence-corrected chi connectivity index (χ1v) is 6.54. The van der Waals surface area contributed by atoms with Crippen LogP contribution < -0.4 is 0 Å². The number of likely N-dealkylation sites (N-methyl/N-ethyl adjacent to an activating group) is 2. The Morgan fingerprint density at radius 1 is 1.12 bits per heavy atom. The first-order valence-electron chi connectivity index (χ1n) is 6.54. The molecular weight excluding hydrogens is 212 g/mol. The van der Waals surface area contributed by atoms with Gasteiger partial charge < -0.3 is 4.90 Å². The summed E-state index contributed by atoms with van der Waals surface area (Å²) in [4.78, 5) is 16.0. The summed E-state index contributed by atoms with van der Waals surface area (Å²) in [5.74, 6) is 1.25. The van der Waals surface area contributed by atoms with E-state index in [0.717, 1.165) is 6.54 Å². The molecule has 0 aliphatic carbocycles. The van der Waals surface area contributed by atoms with Crippen molar-refractivity contribution in [2.45, 2.75) is 47.1 Å². The van der Waals surface area contributed by atoms with Crippen LogP contribution in [0.25, 0.3) is 0 Å². The van der Waals surface area contributed by atoms with E-state index in [9.17, 15) is 4.79 Å². The number of hydrogen-bond acceptors (Lipinski definition) is 2. The molecule has 0 aromatic heterocycles. The smallest absolute Gasteiger partial charge is 0.236 e. The fourth-order valence-corrected chi connectivity index (χ4v) is 1.62. The second-order valence-corrected chi connectivity index (χ2v) is 6.33. The van der Waals surface area contributed by atoms with Crippen LogP contribution in [0.2, 0.25) is 0 Å². The molecule has 17 heavy (non-hydrogen) atoms. The summed E-state index contributed by atoms with van der Waals surface area (Å²) < 4.78 is 0. The Bertz CT molecular complexity index is 247. The molecule has 0 rings (SSSR count). The third-order valence-electron chi connectivity index (χ3n) is 3.83. The van der Waals surface area contributed by atoms with Crippen molar-refractivity contribution in [3.63, 3.8) is 0 Å². The van der Waals surface area contributed by atoms with Crippen LogP contribution in [-0.4, -0.2) is 48.4 Å². The highest BCUT2D eigenvalue weighted by Crippen LogP contribution is 2.22. The second kappa shape index (κ2) is 6.39. The Kier molecular flexibility index (Phi) is 6.17. The third-order valence-corrected chi connectivity index (χ3v) is 3.83. The molecule has 0 N–H and O–H groups in total. The van der Waals surface area contributed by atoms with Gasteiger partial charge in [-0.1, -0.05) is 27.7 Å². The lowest BCUT2D eigenvalue weighted by atomic mass is 9.89. The standard InChI is InChI=1S/C14H30N2O/c1-11(2)9-15(7)13(17)10-16(8)14(5,6)12(3)4/h11-12H,9-10H2,1-8H3. The number of carbonyl (C=O) groups excluding carboxylic acids is 1. The van der Waals surface area contributed by atoms with Crippen molar-refractivity contribution in [2.75, 3.05) is 27.2 Å². The number of nitrogens with zero attached hydrogens (tertiary/aromatic N) is 2. The predicted molar refractivity (Wildman–Crippen MR) is 74.0 cm³/mol. The van der Waals surface area contributed by atoms with Crippen molar-refractivity contribution in [1.82, 2.24) is 9.80 Å². The van der Waals surface area contributed by atoms with Gasteiger partial charge in [0, 0.05) is 19.1 Å². The van der Waals surface area contributed by atoms with Crippen LogP contribution in [0.1, 0.15) is 41.5 Å². The molecule has 0 bridgehead atoms. The monoisotopic (exact) mass is 242 g/mol. The van der Waals surface area contributed by atoms with Crippen molar-refractivity contribution in [2.24, 2.45) is 11.8 Å². The van der Waals surface area contributed by atoms with Crippen LogP contribution in [0.15, 0.2) is 0 Å². The molecule has 0 aromatic carbocycles. The van der Waals surface area contributed by atoms with Crippen LogP contribution in [0.3, 0.4) is 0 Å². The van der Waals surface area contributed by atoms with E-state index in [0.29, 0.717) is 18.4 Å². The maximum absolute atomic E-state index is 12.0. The topological polar surface area (TPSA) is 23.6 Å². The fourth-order valence-electron chi connectivity index (χ4n) is 1.62. The lowest BCUT2D eigenvalue weighted by Crippen LogP contribution is -2.50. The summed E-state index contributed by atoms with van der Waals surface area (Å²) in [7, 11) is 3.92. The summed E-state index contributed by atoms with van der Waals surface area (Å²) in [6, 6.07) is 0. The van der Waals surface area contributed by atoms with E-state index in [1.54, 1.807) is 0 Å². The quantitative estimate of drug-likeness (QED) is 0.714. The Hall–Kier alpha value is -0.570. The maximum Gasteiger partial charge on any atom is 0.236 e. The zero-order chi connectivity index (χ0) is 13.8. The molecule has 0 spiro atoms. The summed E-state index contributed by atoms with van der Waals surface area (Å²) in [6.07, 6.45) is 0. The summed E-state index contributed by atoms with van der Waals surface area (Å²) in [5.41, 5.74) is 0.0499. The molecule has 1 amide bonds. The molecule has 3 nitrogen and oxygen atoms in total. The Morgan fingerprint density at radius 3 is 1.94 bits per heavy atom. The largest absolute Gasteiger partial charge is 0.344 e. The van der Waals surface area contributed by atoms with Crippen molar-refractivity contribution in [3.05, 3.63) is 0 Å². The van der Waals surface area contributed by atoms with Gasteiger partial charge in [0.25, 0.3) is 0 Å². The minimum Gasteiger partial charge on any atom is -0.344 e. The number of rotatable bonds is 6. The summed E-state index contributed by atoms with van der Waals surface area (Å²) in [6.45, 7) is 14.3. The van der Waals surface area contributed by atoms with Gasteiger partial charge in [-0.2, -0.15) is 0 Å². The van der Waals surface area contributed by atoms with E-state index in [-0.39, 0.29) is 11.4 Å². The number of amides is 1. The zero-order valence-electron chi connectivity index (χ0n) is 12.9. The molecule has 0 saturated heterocycles. The van der Waals surface area contributed by atoms with E-state index in [4.69, 9.17) is 0 Å². The zero-order valence-corrected chi connectivity index (χ0v) is 12.9. The molecular formula is C14H30N2O. The van der Waals surface area contributed by atoms with E-state index in [1.807, 2.05) is 19.0 Å². The molecule has 3 heteroatoms. The molecule has 0 unspecified atom stereocenters. The average molecular weight is 242 g/mol. The molecule has 102 valence electrons. The van der Waals surface area contributed by atoms with Gasteiger partial charge in [0.05, 0.1) is 6.54 Å². The molecule has 0 aliphatic rings. The minimum absolute atomic E-state index is 0.0499. The maximum atomic E-state index is 12.0. The van der Waals surface area contributed by atoms with Crippen LogP contribution in [-0.2, 0) is 4.79 Å². The van der Waals surface area contributed by atoms with Crippen LogP contribution >= 0.6 is 0 Å². The van der Waals surface area contributed by atoms with Crippen LogP contribution in [0.5, 0.6) is 0 Å². The highest BCUT2D eigenvalue weighted by molar-refractivity contribution is 5.78. The van der Waals surface area contributed by atoms with Gasteiger partial charge in [-0.25, -0.2) is 0 Å². The van der Waals surface area contributed by atoms with Crippen molar-refractivity contribution >= 4 is 5.91 Å². The minimum atomic E-state index is 0.0499. The lowest BCUT2D eigenvalue weighted by molar-refractivity contribution is -0.132. The van der Waals surface area contributed by atoms with E-state index >= 15 is 0 Å². The number of carbonyl (C=O) groups is 1. The van der Waals surface area contributed by atoms with Gasteiger partial charge in [0.15, 0.2) is 0 Å². The second-order valence-electron chi connectivity index (χ2n) is 6.33. The first-order chi connectivity index (χ1) is 7.59. The lowest BCUT2D eigenvalue weighted by Gasteiger charge is -2.39. The molecule has 0 aliphatic heterocycles. The highest BCUT2D eigenvalue weighted by atomic mass is 16.2. The predicted octanol–water partition coefficient (Wildman–Crippen LogP) is 2.47. The van der Waals surface area contributed by atoms with E-state index in [2.05, 4.69) is 46.4 Å². The summed E-state index contributed by atoms with van der Waals surface area (Å²) >= 11 is 0. The molecule has 0 fully saturated rings. The van der Waals surface area contributed by atoms with E-state index in [1.165, 1.54) is 0 Å². The Morgan fingerprint density at radius 2 is 1.59 bits per heavy atom. The van der Waals surface area contributed by atoms with Gasteiger partial charge in [-0.15, -0.1) is 0 Å². The normalized spacial score (nSPS) is 12.6. The van der Waals surface area contributed by atoms with Crippen LogP contribution in [0, 0.1) is 11.8 Å². The first kappa shape index (κ1) is 16.4. The van der Waals surface area contributed by atoms with Crippen molar-refractivity contribution < 1.29 is 4.79 Å². The van der Waals surface area contributed by atoms with Crippen molar-refractivity contribution in [3.8, 4) is 0 Å². The number of hydrogen-bond donors (Lipinski definition) is 0. The third kappa shape index (κ3) is 5.07. The SMILES string of the molecule is CC(C)CN(C)C(=O)CN(C)C(C)(C)C(C)C. The molecule has 0 aromatic rings. The summed E-state index contributed by atoms with van der Waals surface area (Å²) in [5, 5.41) is 0. The fraction of sp³-hybridized carbons (Fsp3) is 0.929. The van der Waals surface area contributed by atoms with Gasteiger partial charge in [-0.05, 0) is 32.7 Å². The molecule has 0 saturated carbocycles. The van der Waals surface area contributed by atoms with Gasteiger partial charge >= 0.3 is 0 Å². The van der Waals surface area contributed by atoms with Gasteiger partial charge in [0.1, 0.15) is 0 Å². The van der Waals surface area contributed by atoms with Crippen LogP contribution in [0.4, 0.5) is 0 Å². The Labute approximate surface area is 107 Å². The molecule has 0 radical (unpaired) electrons. The van der Waals surface area contributed by atoms with Gasteiger partial charge in [-0.3, -0.25) is 9.69 Å². The molecule has 0 atom stereocenters. The Balaban J connectivity index is 4.39. The van der Waals surface area contributed by atoms with Gasteiger partial charge in [0.2, 0.25) is 5.91 Å². The highest BCUT2D eigenvalue weighted by Gasteiger charge is 2.29. The van der Waals surface area contributed by atoms with Crippen molar-refractivity contribution in [1.29, 1.82) is 0 Å². The average Bonchev–Trinajstić information content (AvgIpc) is 2.15. The molecule has 0 heterocycles. The van der Waals surface area contributed by atoms with E-state index < -0.39 is 0 Å².